The molecule has 0 aliphatic rings. The maximum absolute atomic E-state index is 12.0. The molecule has 0 spiro atoms. The van der Waals surface area contributed by atoms with E-state index in [1.54, 1.807) is 11.3 Å². The van der Waals surface area contributed by atoms with E-state index in [2.05, 4.69) is 20.7 Å². The van der Waals surface area contributed by atoms with Crippen LogP contribution in [0.5, 0.6) is 0 Å². The third kappa shape index (κ3) is 3.37. The smallest absolute Gasteiger partial charge is 0.243 e. The van der Waals surface area contributed by atoms with E-state index in [0.29, 0.717) is 12.4 Å². The number of benzene rings is 1. The van der Waals surface area contributed by atoms with Crippen molar-refractivity contribution >= 4 is 17.2 Å². The molecule has 0 aliphatic heterocycles. The van der Waals surface area contributed by atoms with Gasteiger partial charge in [0, 0.05) is 17.5 Å². The standard InChI is InChI=1S/C15H15N5OS/c1-11-4-2-3-5-12(11)8-16-14(21)9-20-18-15(17-19-20)13-6-7-22-10-13/h2-7,10H,8-9H2,1H3,(H,16,21). The molecule has 0 bridgehead atoms. The van der Waals surface area contributed by atoms with Crippen LogP contribution in [0.3, 0.4) is 0 Å². The molecule has 3 aromatic rings. The summed E-state index contributed by atoms with van der Waals surface area (Å²) in [4.78, 5) is 13.3. The van der Waals surface area contributed by atoms with Gasteiger partial charge in [-0.2, -0.15) is 16.1 Å². The molecule has 0 fully saturated rings. The van der Waals surface area contributed by atoms with E-state index in [-0.39, 0.29) is 12.5 Å². The second kappa shape index (κ2) is 6.48. The average molecular weight is 313 g/mol. The van der Waals surface area contributed by atoms with Crippen molar-refractivity contribution in [1.82, 2.24) is 25.5 Å². The Morgan fingerprint density at radius 2 is 2.18 bits per heavy atom. The van der Waals surface area contributed by atoms with Crippen molar-refractivity contribution in [2.45, 2.75) is 20.0 Å². The Kier molecular flexibility index (Phi) is 4.24. The quantitative estimate of drug-likeness (QED) is 0.782. The summed E-state index contributed by atoms with van der Waals surface area (Å²) < 4.78 is 0. The van der Waals surface area contributed by atoms with E-state index in [4.69, 9.17) is 0 Å². The van der Waals surface area contributed by atoms with Crippen LogP contribution >= 0.6 is 11.3 Å². The molecule has 7 heteroatoms. The number of aromatic nitrogens is 4. The predicted octanol–water partition coefficient (Wildman–Crippen LogP) is 2.03. The molecule has 1 amide bonds. The Hall–Kier alpha value is -2.54. The first-order valence-electron chi connectivity index (χ1n) is 6.84. The number of nitrogens with zero attached hydrogens (tertiary/aromatic N) is 4. The van der Waals surface area contributed by atoms with Gasteiger partial charge in [-0.25, -0.2) is 0 Å². The normalized spacial score (nSPS) is 10.6. The number of tetrazole rings is 1. The first-order valence-corrected chi connectivity index (χ1v) is 7.78. The highest BCUT2D eigenvalue weighted by atomic mass is 32.1. The number of aryl methyl sites for hydroxylation is 1. The second-order valence-corrected chi connectivity index (χ2v) is 5.64. The number of rotatable bonds is 5. The van der Waals surface area contributed by atoms with Crippen LogP contribution in [-0.2, 0) is 17.9 Å². The Labute approximate surface area is 131 Å². The number of amides is 1. The fourth-order valence-corrected chi connectivity index (χ4v) is 2.64. The molecule has 6 nitrogen and oxygen atoms in total. The molecule has 1 N–H and O–H groups in total. The Morgan fingerprint density at radius 1 is 1.32 bits per heavy atom. The highest BCUT2D eigenvalue weighted by molar-refractivity contribution is 7.08. The van der Waals surface area contributed by atoms with Crippen molar-refractivity contribution in [1.29, 1.82) is 0 Å². The van der Waals surface area contributed by atoms with E-state index in [0.717, 1.165) is 16.7 Å². The zero-order valence-electron chi connectivity index (χ0n) is 12.1. The third-order valence-corrected chi connectivity index (χ3v) is 3.94. The Balaban J connectivity index is 1.57. The molecule has 0 aliphatic carbocycles. The molecule has 0 unspecified atom stereocenters. The van der Waals surface area contributed by atoms with Crippen LogP contribution < -0.4 is 5.32 Å². The van der Waals surface area contributed by atoms with Gasteiger partial charge in [-0.1, -0.05) is 24.3 Å². The van der Waals surface area contributed by atoms with E-state index >= 15 is 0 Å². The summed E-state index contributed by atoms with van der Waals surface area (Å²) in [5, 5.41) is 18.8. The van der Waals surface area contributed by atoms with Crippen LogP contribution in [0.2, 0.25) is 0 Å². The molecule has 22 heavy (non-hydrogen) atoms. The van der Waals surface area contributed by atoms with Crippen molar-refractivity contribution in [3.63, 3.8) is 0 Å². The molecule has 0 saturated heterocycles. The van der Waals surface area contributed by atoms with E-state index in [1.165, 1.54) is 4.80 Å². The molecule has 0 radical (unpaired) electrons. The summed E-state index contributed by atoms with van der Waals surface area (Å²) in [5.74, 6) is 0.394. The highest BCUT2D eigenvalue weighted by Gasteiger charge is 2.09. The SMILES string of the molecule is Cc1ccccc1CNC(=O)Cn1nnc(-c2ccsc2)n1. The van der Waals surface area contributed by atoms with Gasteiger partial charge in [0.2, 0.25) is 11.7 Å². The van der Waals surface area contributed by atoms with Crippen molar-refractivity contribution in [2.75, 3.05) is 0 Å². The zero-order chi connectivity index (χ0) is 15.4. The minimum Gasteiger partial charge on any atom is -0.350 e. The van der Waals surface area contributed by atoms with Gasteiger partial charge in [0.1, 0.15) is 6.54 Å². The fourth-order valence-electron chi connectivity index (χ4n) is 2.00. The van der Waals surface area contributed by atoms with Gasteiger partial charge in [-0.15, -0.1) is 10.2 Å². The number of hydrogen-bond acceptors (Lipinski definition) is 5. The Morgan fingerprint density at radius 3 is 2.95 bits per heavy atom. The summed E-state index contributed by atoms with van der Waals surface area (Å²) in [6.07, 6.45) is 0. The first-order chi connectivity index (χ1) is 10.7. The molecular weight excluding hydrogens is 298 g/mol. The van der Waals surface area contributed by atoms with Crippen molar-refractivity contribution in [3.05, 3.63) is 52.2 Å². The summed E-state index contributed by atoms with van der Waals surface area (Å²) in [6.45, 7) is 2.58. The summed E-state index contributed by atoms with van der Waals surface area (Å²) in [5.41, 5.74) is 3.17. The minimum absolute atomic E-state index is 0.0585. The van der Waals surface area contributed by atoms with Crippen LogP contribution in [-0.4, -0.2) is 26.1 Å². The molecule has 0 saturated carbocycles. The van der Waals surface area contributed by atoms with Gasteiger partial charge in [0.15, 0.2) is 0 Å². The lowest BCUT2D eigenvalue weighted by molar-refractivity contribution is -0.122. The average Bonchev–Trinajstić information content (AvgIpc) is 3.17. The molecule has 2 aromatic heterocycles. The summed E-state index contributed by atoms with van der Waals surface area (Å²) >= 11 is 1.57. The first kappa shape index (κ1) is 14.4. The molecule has 112 valence electrons. The molecule has 0 atom stereocenters. The van der Waals surface area contributed by atoms with E-state index in [1.807, 2.05) is 48.0 Å². The largest absolute Gasteiger partial charge is 0.350 e. The van der Waals surface area contributed by atoms with Gasteiger partial charge in [0.05, 0.1) is 0 Å². The number of carbonyl (C=O) groups is 1. The lowest BCUT2D eigenvalue weighted by atomic mass is 10.1. The van der Waals surface area contributed by atoms with Gasteiger partial charge in [0.25, 0.3) is 0 Å². The third-order valence-electron chi connectivity index (χ3n) is 3.25. The van der Waals surface area contributed by atoms with Crippen molar-refractivity contribution in [2.24, 2.45) is 0 Å². The number of nitrogens with one attached hydrogen (secondary N) is 1. The molecule has 3 rings (SSSR count). The molecule has 1 aromatic carbocycles. The predicted molar refractivity (Wildman–Crippen MR) is 84.2 cm³/mol. The minimum atomic E-state index is -0.141. The van der Waals surface area contributed by atoms with E-state index < -0.39 is 0 Å². The van der Waals surface area contributed by atoms with Crippen molar-refractivity contribution in [3.8, 4) is 11.4 Å². The van der Waals surface area contributed by atoms with Crippen LogP contribution in [0.4, 0.5) is 0 Å². The van der Waals surface area contributed by atoms with Crippen LogP contribution in [0.1, 0.15) is 11.1 Å². The number of thiophene rings is 1. The Bertz CT molecular complexity index is 766. The fraction of sp³-hybridized carbons (Fsp3) is 0.200. The van der Waals surface area contributed by atoms with Gasteiger partial charge < -0.3 is 5.32 Å². The maximum Gasteiger partial charge on any atom is 0.243 e. The highest BCUT2D eigenvalue weighted by Crippen LogP contribution is 2.16. The lowest BCUT2D eigenvalue weighted by Gasteiger charge is -2.07. The van der Waals surface area contributed by atoms with Crippen LogP contribution in [0.15, 0.2) is 41.1 Å². The van der Waals surface area contributed by atoms with Gasteiger partial charge >= 0.3 is 0 Å². The van der Waals surface area contributed by atoms with Gasteiger partial charge in [-0.3, -0.25) is 4.79 Å². The lowest BCUT2D eigenvalue weighted by Crippen LogP contribution is -2.28. The maximum atomic E-state index is 12.0. The number of carbonyl (C=O) groups excluding carboxylic acids is 1. The van der Waals surface area contributed by atoms with Crippen molar-refractivity contribution < 1.29 is 4.79 Å². The van der Waals surface area contributed by atoms with Crippen LogP contribution in [0, 0.1) is 6.92 Å². The topological polar surface area (TPSA) is 72.7 Å². The second-order valence-electron chi connectivity index (χ2n) is 4.86. The summed E-state index contributed by atoms with van der Waals surface area (Å²) in [6, 6.07) is 9.88. The van der Waals surface area contributed by atoms with Crippen LogP contribution in [0.25, 0.3) is 11.4 Å². The molecule has 2 heterocycles. The molecular formula is C15H15N5OS. The van der Waals surface area contributed by atoms with E-state index in [9.17, 15) is 4.79 Å². The summed E-state index contributed by atoms with van der Waals surface area (Å²) in [7, 11) is 0. The zero-order valence-corrected chi connectivity index (χ0v) is 12.9. The monoisotopic (exact) mass is 313 g/mol. The van der Waals surface area contributed by atoms with Gasteiger partial charge in [-0.05, 0) is 34.7 Å². The number of hydrogen-bond donors (Lipinski definition) is 1.